The quantitative estimate of drug-likeness (QED) is 0.596. The minimum Gasteiger partial charge on any atom is -0.368 e. The van der Waals surface area contributed by atoms with E-state index >= 15 is 0 Å². The molecule has 1 fully saturated rings. The largest absolute Gasteiger partial charge is 0.368 e. The van der Waals surface area contributed by atoms with Gasteiger partial charge in [0.15, 0.2) is 5.41 Å². The summed E-state index contributed by atoms with van der Waals surface area (Å²) in [6, 6.07) is 3.78. The summed E-state index contributed by atoms with van der Waals surface area (Å²) in [7, 11) is 0. The summed E-state index contributed by atoms with van der Waals surface area (Å²) in [5.74, 6) is -1.26. The van der Waals surface area contributed by atoms with Crippen LogP contribution in [0.2, 0.25) is 0 Å². The number of nitriles is 2. The lowest BCUT2D eigenvalue weighted by Gasteiger charge is -2.04. The Morgan fingerprint density at radius 2 is 2.00 bits per heavy atom. The summed E-state index contributed by atoms with van der Waals surface area (Å²) in [4.78, 5) is 10.9. The molecule has 0 spiro atoms. The normalized spacial score (nSPS) is 36.2. The molecular formula is C8H9N3O. The maximum absolute atomic E-state index is 10.9. The molecule has 0 aromatic rings. The number of hydrogen-bond donors (Lipinski definition) is 1. The Labute approximate surface area is 70.6 Å². The lowest BCUT2D eigenvalue weighted by atomic mass is 9.97. The molecular weight excluding hydrogens is 154 g/mol. The molecule has 12 heavy (non-hydrogen) atoms. The van der Waals surface area contributed by atoms with E-state index in [0.29, 0.717) is 0 Å². The van der Waals surface area contributed by atoms with Gasteiger partial charge in [-0.05, 0) is 0 Å². The Bertz CT molecular complexity index is 320. The highest BCUT2D eigenvalue weighted by Crippen LogP contribution is 2.67. The van der Waals surface area contributed by atoms with Crippen LogP contribution in [-0.2, 0) is 4.79 Å². The third-order valence-corrected chi connectivity index (χ3v) is 2.78. The summed E-state index contributed by atoms with van der Waals surface area (Å²) >= 11 is 0. The zero-order valence-corrected chi connectivity index (χ0v) is 6.96. The molecule has 4 nitrogen and oxygen atoms in total. The Morgan fingerprint density at radius 1 is 1.50 bits per heavy atom. The number of nitrogens with two attached hydrogens (primary N) is 1. The lowest BCUT2D eigenvalue weighted by molar-refractivity contribution is -0.122. The van der Waals surface area contributed by atoms with Crippen molar-refractivity contribution in [3.05, 3.63) is 0 Å². The lowest BCUT2D eigenvalue weighted by Crippen LogP contribution is -2.28. The van der Waals surface area contributed by atoms with Gasteiger partial charge in [-0.2, -0.15) is 10.5 Å². The zero-order chi connectivity index (χ0) is 9.57. The third-order valence-electron chi connectivity index (χ3n) is 2.78. The Kier molecular flexibility index (Phi) is 1.41. The maximum Gasteiger partial charge on any atom is 0.239 e. The van der Waals surface area contributed by atoms with E-state index in [0.717, 1.165) is 0 Å². The molecule has 2 atom stereocenters. The minimum atomic E-state index is -1.26. The van der Waals surface area contributed by atoms with Crippen LogP contribution in [0.4, 0.5) is 0 Å². The number of amides is 1. The number of rotatable bonds is 1. The molecule has 0 radical (unpaired) electrons. The SMILES string of the molecule is CC1(C)[C@@H](C#N)[C@]1(C#N)C(N)=O. The monoisotopic (exact) mass is 163 g/mol. The summed E-state index contributed by atoms with van der Waals surface area (Å²) in [5, 5.41) is 17.4. The van der Waals surface area contributed by atoms with E-state index in [1.54, 1.807) is 13.8 Å². The molecule has 0 aliphatic heterocycles. The molecule has 0 heterocycles. The van der Waals surface area contributed by atoms with Gasteiger partial charge in [0.2, 0.25) is 5.91 Å². The highest BCUT2D eigenvalue weighted by atomic mass is 16.1. The van der Waals surface area contributed by atoms with Crippen LogP contribution in [0.5, 0.6) is 0 Å². The average molecular weight is 163 g/mol. The van der Waals surface area contributed by atoms with E-state index in [1.165, 1.54) is 0 Å². The average Bonchev–Trinajstić information content (AvgIpc) is 2.47. The zero-order valence-electron chi connectivity index (χ0n) is 6.96. The fraction of sp³-hybridized carbons (Fsp3) is 0.625. The number of nitrogens with zero attached hydrogens (tertiary/aromatic N) is 2. The second-order valence-corrected chi connectivity index (χ2v) is 3.57. The first-order chi connectivity index (χ1) is 5.45. The second kappa shape index (κ2) is 1.98. The van der Waals surface area contributed by atoms with Crippen molar-refractivity contribution >= 4 is 5.91 Å². The highest BCUT2D eigenvalue weighted by Gasteiger charge is 2.77. The molecule has 2 N–H and O–H groups in total. The molecule has 4 heteroatoms. The maximum atomic E-state index is 10.9. The van der Waals surface area contributed by atoms with Gasteiger partial charge in [0.25, 0.3) is 0 Å². The second-order valence-electron chi connectivity index (χ2n) is 3.57. The molecule has 1 saturated carbocycles. The van der Waals surface area contributed by atoms with Crippen LogP contribution in [0.1, 0.15) is 13.8 Å². The number of hydrogen-bond acceptors (Lipinski definition) is 3. The van der Waals surface area contributed by atoms with Crippen molar-refractivity contribution < 1.29 is 4.79 Å². The highest BCUT2D eigenvalue weighted by molar-refractivity contribution is 5.90. The number of primary amides is 1. The Balaban J connectivity index is 3.15. The summed E-state index contributed by atoms with van der Waals surface area (Å²) < 4.78 is 0. The van der Waals surface area contributed by atoms with Gasteiger partial charge in [-0.3, -0.25) is 4.79 Å². The predicted octanol–water partition coefficient (Wildman–Crippen LogP) is 0.161. The van der Waals surface area contributed by atoms with Gasteiger partial charge in [-0.1, -0.05) is 13.8 Å². The van der Waals surface area contributed by atoms with Crippen molar-refractivity contribution in [2.45, 2.75) is 13.8 Å². The molecule has 0 bridgehead atoms. The smallest absolute Gasteiger partial charge is 0.239 e. The fourth-order valence-electron chi connectivity index (χ4n) is 1.75. The first kappa shape index (κ1) is 8.55. The molecule has 0 saturated heterocycles. The van der Waals surface area contributed by atoms with Crippen molar-refractivity contribution in [1.82, 2.24) is 0 Å². The van der Waals surface area contributed by atoms with Crippen LogP contribution in [0, 0.1) is 39.4 Å². The molecule has 1 aliphatic carbocycles. The van der Waals surface area contributed by atoms with E-state index in [1.807, 2.05) is 12.1 Å². The first-order valence-electron chi connectivity index (χ1n) is 3.56. The van der Waals surface area contributed by atoms with Gasteiger partial charge in [-0.25, -0.2) is 0 Å². The van der Waals surface area contributed by atoms with E-state index < -0.39 is 22.7 Å². The fourth-order valence-corrected chi connectivity index (χ4v) is 1.75. The summed E-state index contributed by atoms with van der Waals surface area (Å²) in [5.41, 5.74) is 3.22. The van der Waals surface area contributed by atoms with Crippen LogP contribution in [0.3, 0.4) is 0 Å². The van der Waals surface area contributed by atoms with Crippen molar-refractivity contribution in [1.29, 1.82) is 10.5 Å². The summed E-state index contributed by atoms with van der Waals surface area (Å²) in [6.07, 6.45) is 0. The van der Waals surface area contributed by atoms with Crippen molar-refractivity contribution in [3.63, 3.8) is 0 Å². The molecule has 1 rings (SSSR count). The van der Waals surface area contributed by atoms with Gasteiger partial charge in [-0.15, -0.1) is 0 Å². The van der Waals surface area contributed by atoms with E-state index in [-0.39, 0.29) is 0 Å². The first-order valence-corrected chi connectivity index (χ1v) is 3.56. The van der Waals surface area contributed by atoms with Gasteiger partial charge in [0.1, 0.15) is 0 Å². The standard InChI is InChI=1S/C8H9N3O/c1-7(2)5(3-9)8(7,4-10)6(11)12/h5H,1-2H3,(H2,11,12)/t5-,8-/m1/s1. The van der Waals surface area contributed by atoms with Gasteiger partial charge in [0.05, 0.1) is 18.1 Å². The van der Waals surface area contributed by atoms with E-state index in [2.05, 4.69) is 0 Å². The van der Waals surface area contributed by atoms with Crippen LogP contribution < -0.4 is 5.73 Å². The molecule has 0 unspecified atom stereocenters. The Hall–Kier alpha value is -1.55. The Morgan fingerprint density at radius 3 is 2.08 bits per heavy atom. The minimum absolute atomic E-state index is 0.563. The number of carbonyl (C=O) groups is 1. The molecule has 0 aromatic heterocycles. The van der Waals surface area contributed by atoms with Crippen molar-refractivity contribution in [2.75, 3.05) is 0 Å². The molecule has 1 amide bonds. The van der Waals surface area contributed by atoms with Crippen LogP contribution in [0.15, 0.2) is 0 Å². The summed E-state index contributed by atoms with van der Waals surface area (Å²) in [6.45, 7) is 3.41. The van der Waals surface area contributed by atoms with Gasteiger partial charge < -0.3 is 5.73 Å². The van der Waals surface area contributed by atoms with Crippen LogP contribution in [0.25, 0.3) is 0 Å². The van der Waals surface area contributed by atoms with Crippen molar-refractivity contribution in [3.8, 4) is 12.1 Å². The van der Waals surface area contributed by atoms with Gasteiger partial charge in [0, 0.05) is 5.41 Å². The predicted molar refractivity (Wildman–Crippen MR) is 40.1 cm³/mol. The number of carbonyl (C=O) groups excluding carboxylic acids is 1. The van der Waals surface area contributed by atoms with E-state index in [4.69, 9.17) is 16.3 Å². The third kappa shape index (κ3) is 0.579. The van der Waals surface area contributed by atoms with E-state index in [9.17, 15) is 4.79 Å². The topological polar surface area (TPSA) is 90.7 Å². The van der Waals surface area contributed by atoms with Crippen LogP contribution >= 0.6 is 0 Å². The molecule has 1 aliphatic rings. The van der Waals surface area contributed by atoms with Crippen LogP contribution in [-0.4, -0.2) is 5.91 Å². The molecule has 0 aromatic carbocycles. The van der Waals surface area contributed by atoms with Crippen molar-refractivity contribution in [2.24, 2.45) is 22.5 Å². The van der Waals surface area contributed by atoms with Gasteiger partial charge >= 0.3 is 0 Å². The molecule has 62 valence electrons.